The quantitative estimate of drug-likeness (QED) is 0.467. The van der Waals surface area contributed by atoms with E-state index in [-0.39, 0.29) is 29.4 Å². The molecule has 1 heterocycles. The van der Waals surface area contributed by atoms with Crippen molar-refractivity contribution < 1.29 is 14.3 Å². The smallest absolute Gasteiger partial charge is 0.302 e. The molecule has 8 atom stereocenters. The highest BCUT2D eigenvalue weighted by atomic mass is 16.5. The summed E-state index contributed by atoms with van der Waals surface area (Å²) < 4.78 is 5.56. The molecule has 0 radical (unpaired) electrons. The van der Waals surface area contributed by atoms with Crippen molar-refractivity contribution in [2.75, 3.05) is 0 Å². The normalized spacial score (nSPS) is 41.2. The van der Waals surface area contributed by atoms with Gasteiger partial charge in [-0.15, -0.1) is 0 Å². The third-order valence-electron chi connectivity index (χ3n) is 10.4. The molecule has 4 aliphatic rings. The molecular formula is C29H47NO3. The fourth-order valence-electron chi connectivity index (χ4n) is 8.63. The second-order valence-corrected chi connectivity index (χ2v) is 12.8. The molecule has 1 amide bonds. The van der Waals surface area contributed by atoms with Gasteiger partial charge in [0.15, 0.2) is 0 Å². The first-order valence-electron chi connectivity index (χ1n) is 13.7. The van der Waals surface area contributed by atoms with E-state index in [0.717, 1.165) is 30.6 Å². The molecular weight excluding hydrogens is 410 g/mol. The van der Waals surface area contributed by atoms with E-state index in [9.17, 15) is 9.59 Å². The molecule has 0 aromatic carbocycles. The Hall–Kier alpha value is -1.32. The number of nitrogens with one attached hydrogen (secondary N) is 1. The maximum Gasteiger partial charge on any atom is 0.302 e. The van der Waals surface area contributed by atoms with Crippen molar-refractivity contribution in [3.05, 3.63) is 11.6 Å². The van der Waals surface area contributed by atoms with Crippen LogP contribution in [-0.2, 0) is 14.3 Å². The number of hydrogen-bond donors (Lipinski definition) is 1. The van der Waals surface area contributed by atoms with Crippen molar-refractivity contribution in [2.24, 2.45) is 40.4 Å². The van der Waals surface area contributed by atoms with E-state index in [1.54, 1.807) is 0 Å². The highest BCUT2D eigenvalue weighted by Gasteiger charge is 2.59. The van der Waals surface area contributed by atoms with E-state index >= 15 is 0 Å². The largest absolute Gasteiger partial charge is 0.462 e. The predicted octanol–water partition coefficient (Wildman–Crippen LogP) is 6.44. The van der Waals surface area contributed by atoms with Gasteiger partial charge in [0.1, 0.15) is 6.10 Å². The number of amides is 1. The molecule has 3 saturated carbocycles. The van der Waals surface area contributed by atoms with Gasteiger partial charge >= 0.3 is 5.97 Å². The lowest BCUT2D eigenvalue weighted by molar-refractivity contribution is -0.148. The fourth-order valence-corrected chi connectivity index (χ4v) is 8.63. The van der Waals surface area contributed by atoms with E-state index in [4.69, 9.17) is 4.74 Å². The lowest BCUT2D eigenvalue weighted by Gasteiger charge is -2.55. The molecule has 1 N–H and O–H groups in total. The van der Waals surface area contributed by atoms with Gasteiger partial charge in [-0.3, -0.25) is 9.59 Å². The van der Waals surface area contributed by atoms with Gasteiger partial charge in [-0.25, -0.2) is 0 Å². The first-order valence-corrected chi connectivity index (χ1v) is 13.7. The Kier molecular flexibility index (Phi) is 7.05. The number of carbonyl (C=O) groups is 2. The molecule has 0 saturated heterocycles. The van der Waals surface area contributed by atoms with Crippen LogP contribution in [0, 0.1) is 40.4 Å². The van der Waals surface area contributed by atoms with Crippen molar-refractivity contribution >= 4 is 11.9 Å². The van der Waals surface area contributed by atoms with Gasteiger partial charge in [0, 0.05) is 25.5 Å². The van der Waals surface area contributed by atoms with Crippen LogP contribution in [0.2, 0.25) is 0 Å². The van der Waals surface area contributed by atoms with Gasteiger partial charge < -0.3 is 10.1 Å². The van der Waals surface area contributed by atoms with Gasteiger partial charge in [-0.05, 0) is 78.9 Å². The third kappa shape index (κ3) is 4.65. The molecule has 3 aliphatic carbocycles. The zero-order valence-corrected chi connectivity index (χ0v) is 21.9. The van der Waals surface area contributed by atoms with E-state index < -0.39 is 0 Å². The van der Waals surface area contributed by atoms with Crippen LogP contribution in [0.15, 0.2) is 11.6 Å². The van der Waals surface area contributed by atoms with E-state index in [0.29, 0.717) is 23.7 Å². The van der Waals surface area contributed by atoms with Crippen LogP contribution >= 0.6 is 0 Å². The van der Waals surface area contributed by atoms with Crippen LogP contribution in [0.1, 0.15) is 106 Å². The first-order chi connectivity index (χ1) is 15.5. The fraction of sp³-hybridized carbons (Fsp3) is 0.862. The Balaban J connectivity index is 1.52. The lowest BCUT2D eigenvalue weighted by Crippen LogP contribution is -2.56. The van der Waals surface area contributed by atoms with Crippen LogP contribution in [0.4, 0.5) is 0 Å². The van der Waals surface area contributed by atoms with Crippen molar-refractivity contribution in [1.29, 1.82) is 0 Å². The standard InChI is InChI=1S/C29H47NO3/c1-18(2)8-7-9-19(3)23-10-11-24-27-25(13-15-29(23,24)6)28(5)14-12-22(33-20(4)31)16-21(28)17-26(32)30-27/h17-19,22-25,27H,7-16H2,1-6H3,(H,30,32). The second-order valence-electron chi connectivity index (χ2n) is 12.8. The van der Waals surface area contributed by atoms with E-state index in [1.807, 2.05) is 6.08 Å². The van der Waals surface area contributed by atoms with E-state index in [1.165, 1.54) is 57.4 Å². The van der Waals surface area contributed by atoms with Crippen LogP contribution < -0.4 is 5.32 Å². The minimum absolute atomic E-state index is 0.0305. The molecule has 0 spiro atoms. The Morgan fingerprint density at radius 3 is 2.55 bits per heavy atom. The Bertz CT molecular complexity index is 788. The van der Waals surface area contributed by atoms with E-state index in [2.05, 4.69) is 39.9 Å². The topological polar surface area (TPSA) is 55.4 Å². The van der Waals surface area contributed by atoms with Gasteiger partial charge in [0.2, 0.25) is 5.91 Å². The summed E-state index contributed by atoms with van der Waals surface area (Å²) in [6.07, 6.45) is 13.5. The number of hydrogen-bond acceptors (Lipinski definition) is 3. The zero-order chi connectivity index (χ0) is 24.0. The Morgan fingerprint density at radius 1 is 1.09 bits per heavy atom. The van der Waals surface area contributed by atoms with Crippen LogP contribution in [-0.4, -0.2) is 24.0 Å². The highest BCUT2D eigenvalue weighted by molar-refractivity contribution is 5.89. The molecule has 4 nitrogen and oxygen atoms in total. The van der Waals surface area contributed by atoms with Gasteiger partial charge in [-0.2, -0.15) is 0 Å². The summed E-state index contributed by atoms with van der Waals surface area (Å²) in [5.74, 6) is 3.25. The summed E-state index contributed by atoms with van der Waals surface area (Å²) in [5.41, 5.74) is 1.58. The highest BCUT2D eigenvalue weighted by Crippen LogP contribution is 2.63. The number of ether oxygens (including phenoxy) is 1. The minimum atomic E-state index is -0.215. The van der Waals surface area contributed by atoms with Crippen molar-refractivity contribution in [1.82, 2.24) is 5.32 Å². The summed E-state index contributed by atoms with van der Waals surface area (Å²) in [7, 11) is 0. The average molecular weight is 458 g/mol. The summed E-state index contributed by atoms with van der Waals surface area (Å²) >= 11 is 0. The number of rotatable bonds is 6. The third-order valence-corrected chi connectivity index (χ3v) is 10.4. The van der Waals surface area contributed by atoms with Crippen molar-refractivity contribution in [3.63, 3.8) is 0 Å². The molecule has 186 valence electrons. The Morgan fingerprint density at radius 2 is 1.85 bits per heavy atom. The predicted molar refractivity (Wildman–Crippen MR) is 132 cm³/mol. The minimum Gasteiger partial charge on any atom is -0.462 e. The summed E-state index contributed by atoms with van der Waals surface area (Å²) in [6.45, 7) is 13.6. The van der Waals surface area contributed by atoms with Crippen molar-refractivity contribution in [3.8, 4) is 0 Å². The molecule has 1 aliphatic heterocycles. The van der Waals surface area contributed by atoms with Crippen LogP contribution in [0.3, 0.4) is 0 Å². The maximum absolute atomic E-state index is 13.1. The Labute approximate surface area is 201 Å². The average Bonchev–Trinajstić information content (AvgIpc) is 3.02. The summed E-state index contributed by atoms with van der Waals surface area (Å²) in [6, 6.07) is 0.271. The first kappa shape index (κ1) is 24.8. The molecule has 33 heavy (non-hydrogen) atoms. The molecule has 0 aromatic rings. The molecule has 0 bridgehead atoms. The zero-order valence-electron chi connectivity index (χ0n) is 21.9. The maximum atomic E-state index is 13.1. The second kappa shape index (κ2) is 9.38. The number of fused-ring (bicyclic) bond motifs is 5. The van der Waals surface area contributed by atoms with Crippen LogP contribution in [0.25, 0.3) is 0 Å². The van der Waals surface area contributed by atoms with Gasteiger partial charge in [-0.1, -0.05) is 59.5 Å². The molecule has 0 aromatic heterocycles. The molecule has 3 fully saturated rings. The van der Waals surface area contributed by atoms with Crippen molar-refractivity contribution in [2.45, 2.75) is 118 Å². The molecule has 8 unspecified atom stereocenters. The molecule has 4 rings (SSSR count). The van der Waals surface area contributed by atoms with Gasteiger partial charge in [0.05, 0.1) is 0 Å². The SMILES string of the molecule is CC(=O)OC1CCC2(C)C(=CC(=O)NC3C2CCC2(C)C(C(C)CCCC(C)C)CCC32)C1. The van der Waals surface area contributed by atoms with Crippen LogP contribution in [0.5, 0.6) is 0 Å². The van der Waals surface area contributed by atoms with Gasteiger partial charge in [0.25, 0.3) is 0 Å². The molecule has 4 heteroatoms. The summed E-state index contributed by atoms with van der Waals surface area (Å²) in [5, 5.41) is 3.51. The lowest BCUT2D eigenvalue weighted by atomic mass is 9.51. The summed E-state index contributed by atoms with van der Waals surface area (Å²) in [4.78, 5) is 24.6. The number of esters is 1. The number of carbonyl (C=O) groups excluding carboxylic acids is 2. The monoisotopic (exact) mass is 457 g/mol.